The van der Waals surface area contributed by atoms with Crippen molar-refractivity contribution in [2.45, 2.75) is 0 Å². The molecule has 3 nitrogen and oxygen atoms in total. The van der Waals surface area contributed by atoms with Crippen molar-refractivity contribution in [2.24, 2.45) is 0 Å². The van der Waals surface area contributed by atoms with E-state index in [1.807, 2.05) is 0 Å². The Morgan fingerprint density at radius 1 is 1.50 bits per heavy atom. The monoisotopic (exact) mass is 213 g/mol. The van der Waals surface area contributed by atoms with Crippen LogP contribution in [0, 0.1) is 5.82 Å². The Morgan fingerprint density at radius 3 is 2.86 bits per heavy atom. The third-order valence-electron chi connectivity index (χ3n) is 1.97. The van der Waals surface area contributed by atoms with Crippen LogP contribution >= 0.6 is 11.6 Å². The van der Waals surface area contributed by atoms with Crippen LogP contribution in [0.15, 0.2) is 18.3 Å². The van der Waals surface area contributed by atoms with Crippen molar-refractivity contribution in [3.63, 3.8) is 0 Å². The van der Waals surface area contributed by atoms with Crippen LogP contribution in [0.25, 0.3) is 10.9 Å². The molecule has 0 atom stereocenters. The van der Waals surface area contributed by atoms with Crippen LogP contribution in [-0.4, -0.2) is 16.1 Å². The van der Waals surface area contributed by atoms with Gasteiger partial charge in [0.2, 0.25) is 0 Å². The van der Waals surface area contributed by atoms with Gasteiger partial charge in [-0.15, -0.1) is 0 Å². The van der Waals surface area contributed by atoms with E-state index in [1.165, 1.54) is 18.3 Å². The highest BCUT2D eigenvalue weighted by atomic mass is 35.5. The summed E-state index contributed by atoms with van der Waals surface area (Å²) in [4.78, 5) is 13.4. The number of aromatic carboxylic acids is 1. The number of aromatic nitrogens is 1. The van der Waals surface area contributed by atoms with Gasteiger partial charge in [-0.05, 0) is 12.1 Å². The third kappa shape index (κ3) is 1.15. The predicted molar refractivity (Wildman–Crippen MR) is 50.2 cm³/mol. The highest BCUT2D eigenvalue weighted by Crippen LogP contribution is 2.26. The molecule has 72 valence electrons. The Bertz CT molecular complexity index is 521. The summed E-state index contributed by atoms with van der Waals surface area (Å²) in [6.07, 6.45) is 1.24. The highest BCUT2D eigenvalue weighted by Gasteiger charge is 2.16. The molecule has 0 bridgehead atoms. The van der Waals surface area contributed by atoms with Gasteiger partial charge < -0.3 is 10.1 Å². The number of halogens is 2. The van der Waals surface area contributed by atoms with E-state index < -0.39 is 11.8 Å². The molecule has 14 heavy (non-hydrogen) atoms. The molecule has 0 saturated carbocycles. The first-order valence-electron chi connectivity index (χ1n) is 3.79. The van der Waals surface area contributed by atoms with E-state index in [0.717, 1.165) is 0 Å². The van der Waals surface area contributed by atoms with Gasteiger partial charge in [0.05, 0.1) is 16.0 Å². The van der Waals surface area contributed by atoms with E-state index in [1.54, 1.807) is 0 Å². The Labute approximate surface area is 83.1 Å². The number of fused-ring (bicyclic) bond motifs is 1. The van der Waals surface area contributed by atoms with Crippen molar-refractivity contribution >= 4 is 28.5 Å². The second-order valence-electron chi connectivity index (χ2n) is 2.79. The number of carboxylic acid groups (broad SMARTS) is 1. The van der Waals surface area contributed by atoms with Gasteiger partial charge in [-0.1, -0.05) is 11.6 Å². The quantitative estimate of drug-likeness (QED) is 0.765. The zero-order valence-electron chi connectivity index (χ0n) is 6.84. The maximum atomic E-state index is 13.4. The van der Waals surface area contributed by atoms with Crippen LogP contribution in [0.1, 0.15) is 10.4 Å². The topological polar surface area (TPSA) is 53.1 Å². The minimum atomic E-state index is -1.18. The van der Waals surface area contributed by atoms with Crippen molar-refractivity contribution in [3.05, 3.63) is 34.7 Å². The average molecular weight is 214 g/mol. The first kappa shape index (κ1) is 9.02. The molecular formula is C9H5ClFNO2. The molecule has 0 aliphatic carbocycles. The zero-order valence-corrected chi connectivity index (χ0v) is 7.60. The van der Waals surface area contributed by atoms with Gasteiger partial charge in [-0.3, -0.25) is 0 Å². The Morgan fingerprint density at radius 2 is 2.21 bits per heavy atom. The van der Waals surface area contributed by atoms with Gasteiger partial charge in [-0.25, -0.2) is 9.18 Å². The first-order valence-corrected chi connectivity index (χ1v) is 4.17. The van der Waals surface area contributed by atoms with Crippen LogP contribution in [-0.2, 0) is 0 Å². The molecule has 2 rings (SSSR count). The van der Waals surface area contributed by atoms with Gasteiger partial charge in [0.25, 0.3) is 0 Å². The summed E-state index contributed by atoms with van der Waals surface area (Å²) in [5.41, 5.74) is 0.310. The van der Waals surface area contributed by atoms with Crippen molar-refractivity contribution in [1.82, 2.24) is 4.98 Å². The second-order valence-corrected chi connectivity index (χ2v) is 3.20. The molecule has 0 spiro atoms. The number of nitrogens with one attached hydrogen (secondary N) is 1. The maximum absolute atomic E-state index is 13.4. The van der Waals surface area contributed by atoms with Crippen molar-refractivity contribution < 1.29 is 14.3 Å². The van der Waals surface area contributed by atoms with Crippen LogP contribution in [0.5, 0.6) is 0 Å². The maximum Gasteiger partial charge on any atom is 0.337 e. The normalized spacial score (nSPS) is 10.7. The smallest absolute Gasteiger partial charge is 0.337 e. The number of rotatable bonds is 1. The number of carboxylic acids is 1. The Hall–Kier alpha value is -1.55. The molecule has 0 radical (unpaired) electrons. The summed E-state index contributed by atoms with van der Waals surface area (Å²) < 4.78 is 13.4. The van der Waals surface area contributed by atoms with Gasteiger partial charge in [-0.2, -0.15) is 0 Å². The minimum Gasteiger partial charge on any atom is -0.478 e. The predicted octanol–water partition coefficient (Wildman–Crippen LogP) is 2.66. The lowest BCUT2D eigenvalue weighted by Crippen LogP contribution is -1.95. The molecule has 0 amide bonds. The summed E-state index contributed by atoms with van der Waals surface area (Å²) in [7, 11) is 0. The summed E-state index contributed by atoms with van der Waals surface area (Å²) in [5, 5.41) is 8.69. The van der Waals surface area contributed by atoms with E-state index in [2.05, 4.69) is 4.98 Å². The van der Waals surface area contributed by atoms with Crippen LogP contribution in [0.4, 0.5) is 4.39 Å². The van der Waals surface area contributed by atoms with E-state index >= 15 is 0 Å². The number of hydrogen-bond acceptors (Lipinski definition) is 1. The van der Waals surface area contributed by atoms with Crippen molar-refractivity contribution in [3.8, 4) is 0 Å². The van der Waals surface area contributed by atoms with Gasteiger partial charge in [0.15, 0.2) is 5.82 Å². The molecular weight excluding hydrogens is 209 g/mol. The zero-order chi connectivity index (χ0) is 10.3. The van der Waals surface area contributed by atoms with E-state index in [4.69, 9.17) is 16.7 Å². The molecule has 2 aromatic rings. The number of hydrogen-bond donors (Lipinski definition) is 2. The number of carbonyl (C=O) groups is 1. The standard InChI is InChI=1S/C9H5ClFNO2/c10-5-1-2-6-7(8(5)11)4(3-12-6)9(13)14/h1-3,12H,(H,13,14). The summed E-state index contributed by atoms with van der Waals surface area (Å²) in [6, 6.07) is 2.91. The molecule has 1 aromatic heterocycles. The summed E-state index contributed by atoms with van der Waals surface area (Å²) in [6.45, 7) is 0. The lowest BCUT2D eigenvalue weighted by molar-refractivity contribution is 0.0699. The molecule has 0 saturated heterocycles. The van der Waals surface area contributed by atoms with Crippen molar-refractivity contribution in [1.29, 1.82) is 0 Å². The molecule has 0 fully saturated rings. The first-order chi connectivity index (χ1) is 6.61. The van der Waals surface area contributed by atoms with E-state index in [9.17, 15) is 9.18 Å². The Kier molecular flexibility index (Phi) is 1.93. The van der Waals surface area contributed by atoms with Gasteiger partial charge in [0, 0.05) is 11.7 Å². The molecule has 0 aliphatic rings. The van der Waals surface area contributed by atoms with Gasteiger partial charge in [0.1, 0.15) is 0 Å². The molecule has 1 heterocycles. The highest BCUT2D eigenvalue weighted by molar-refractivity contribution is 6.31. The fourth-order valence-electron chi connectivity index (χ4n) is 1.33. The van der Waals surface area contributed by atoms with Crippen molar-refractivity contribution in [2.75, 3.05) is 0 Å². The lowest BCUT2D eigenvalue weighted by atomic mass is 10.1. The average Bonchev–Trinajstić information content (AvgIpc) is 2.55. The lowest BCUT2D eigenvalue weighted by Gasteiger charge is -1.97. The number of H-pyrrole nitrogens is 1. The number of aromatic amines is 1. The molecule has 5 heteroatoms. The van der Waals surface area contributed by atoms with E-state index in [-0.39, 0.29) is 16.0 Å². The molecule has 0 unspecified atom stereocenters. The molecule has 2 N–H and O–H groups in total. The van der Waals surface area contributed by atoms with Crippen LogP contribution in [0.2, 0.25) is 5.02 Å². The van der Waals surface area contributed by atoms with Crippen LogP contribution < -0.4 is 0 Å². The van der Waals surface area contributed by atoms with Gasteiger partial charge >= 0.3 is 5.97 Å². The summed E-state index contributed by atoms with van der Waals surface area (Å²) in [5.74, 6) is -1.89. The fourth-order valence-corrected chi connectivity index (χ4v) is 1.48. The van der Waals surface area contributed by atoms with Crippen LogP contribution in [0.3, 0.4) is 0 Å². The number of benzene rings is 1. The Balaban J connectivity index is 2.89. The molecule has 0 aliphatic heterocycles. The minimum absolute atomic E-state index is 0.0185. The third-order valence-corrected chi connectivity index (χ3v) is 2.26. The fraction of sp³-hybridized carbons (Fsp3) is 0. The second kappa shape index (κ2) is 2.99. The van der Waals surface area contributed by atoms with E-state index in [0.29, 0.717) is 5.52 Å². The SMILES string of the molecule is O=C(O)c1c[nH]c2ccc(Cl)c(F)c12. The summed E-state index contributed by atoms with van der Waals surface area (Å²) >= 11 is 5.54. The molecule has 1 aromatic carbocycles. The largest absolute Gasteiger partial charge is 0.478 e.